The molecule has 2 unspecified atom stereocenters. The van der Waals surface area contributed by atoms with Crippen molar-refractivity contribution in [1.29, 1.82) is 0 Å². The van der Waals surface area contributed by atoms with Crippen molar-refractivity contribution in [2.45, 2.75) is 25.0 Å². The second kappa shape index (κ2) is 3.70. The van der Waals surface area contributed by atoms with E-state index in [9.17, 15) is 5.11 Å². The first kappa shape index (κ1) is 9.92. The van der Waals surface area contributed by atoms with E-state index in [0.29, 0.717) is 19.5 Å². The van der Waals surface area contributed by atoms with Crippen molar-refractivity contribution < 1.29 is 15.3 Å². The van der Waals surface area contributed by atoms with Crippen LogP contribution in [0.25, 0.3) is 0 Å². The van der Waals surface area contributed by atoms with E-state index >= 15 is 0 Å². The van der Waals surface area contributed by atoms with Gasteiger partial charge in [-0.25, -0.2) is 0 Å². The molecule has 2 atom stereocenters. The summed E-state index contributed by atoms with van der Waals surface area (Å²) in [6.07, 6.45) is 0.224. The highest BCUT2D eigenvalue weighted by Gasteiger charge is 2.35. The quantitative estimate of drug-likeness (QED) is 0.504. The van der Waals surface area contributed by atoms with Gasteiger partial charge < -0.3 is 15.3 Å². The lowest BCUT2D eigenvalue weighted by molar-refractivity contribution is -0.00780. The van der Waals surface area contributed by atoms with Crippen LogP contribution in [0.3, 0.4) is 0 Å². The first-order chi connectivity index (χ1) is 5.56. The number of rotatable bonds is 3. The molecular weight excluding hydrogens is 158 g/mol. The zero-order chi connectivity index (χ0) is 9.19. The molecule has 1 aliphatic rings. The molecule has 3 N–H and O–H groups in total. The fourth-order valence-electron chi connectivity index (χ4n) is 1.60. The fourth-order valence-corrected chi connectivity index (χ4v) is 1.60. The topological polar surface area (TPSA) is 63.9 Å². The summed E-state index contributed by atoms with van der Waals surface area (Å²) in [5.74, 6) is 0. The van der Waals surface area contributed by atoms with Crippen LogP contribution in [0, 0.1) is 0 Å². The molecule has 0 aromatic heterocycles. The minimum atomic E-state index is -0.936. The second-order valence-electron chi connectivity index (χ2n) is 3.72. The van der Waals surface area contributed by atoms with Crippen LogP contribution in [-0.2, 0) is 0 Å². The molecule has 0 aromatic rings. The van der Waals surface area contributed by atoms with Crippen LogP contribution in [0.1, 0.15) is 13.3 Å². The number of hydrogen-bond donors (Lipinski definition) is 3. The van der Waals surface area contributed by atoms with Crippen LogP contribution in [0.2, 0.25) is 0 Å². The van der Waals surface area contributed by atoms with E-state index < -0.39 is 5.60 Å². The summed E-state index contributed by atoms with van der Waals surface area (Å²) in [4.78, 5) is 1.96. The van der Waals surface area contributed by atoms with Crippen molar-refractivity contribution >= 4 is 0 Å². The molecule has 0 amide bonds. The van der Waals surface area contributed by atoms with Gasteiger partial charge in [0.15, 0.2) is 0 Å². The molecule has 0 bridgehead atoms. The van der Waals surface area contributed by atoms with E-state index in [1.165, 1.54) is 0 Å². The normalized spacial score (nSPS) is 34.0. The number of aliphatic hydroxyl groups is 3. The van der Waals surface area contributed by atoms with Gasteiger partial charge >= 0.3 is 0 Å². The molecule has 1 aliphatic heterocycles. The lowest BCUT2D eigenvalue weighted by Gasteiger charge is -2.21. The molecule has 4 heteroatoms. The first-order valence-corrected chi connectivity index (χ1v) is 4.29. The van der Waals surface area contributed by atoms with Crippen LogP contribution >= 0.6 is 0 Å². The number of hydrogen-bond acceptors (Lipinski definition) is 4. The third-order valence-corrected chi connectivity index (χ3v) is 2.23. The Hall–Kier alpha value is -0.160. The van der Waals surface area contributed by atoms with Gasteiger partial charge in [0.05, 0.1) is 12.7 Å². The predicted octanol–water partition coefficient (Wildman–Crippen LogP) is -1.20. The maximum Gasteiger partial charge on any atom is 0.101 e. The Balaban J connectivity index is 2.35. The summed E-state index contributed by atoms with van der Waals surface area (Å²) in [7, 11) is 0. The minimum Gasteiger partial charge on any atom is -0.393 e. The Morgan fingerprint density at radius 1 is 1.58 bits per heavy atom. The molecule has 0 aromatic carbocycles. The fraction of sp³-hybridized carbons (Fsp3) is 1.00. The van der Waals surface area contributed by atoms with Gasteiger partial charge in [-0.15, -0.1) is 0 Å². The van der Waals surface area contributed by atoms with E-state index in [-0.39, 0.29) is 12.7 Å². The predicted molar refractivity (Wildman–Crippen MR) is 44.8 cm³/mol. The van der Waals surface area contributed by atoms with Crippen LogP contribution in [0.15, 0.2) is 0 Å². The average Bonchev–Trinajstić information content (AvgIpc) is 2.32. The number of β-amino-alcohol motifs (C(OH)–C–C–N with tert-alkyl or cyclic N) is 2. The number of likely N-dealkylation sites (tertiary alicyclic amines) is 1. The monoisotopic (exact) mass is 175 g/mol. The Morgan fingerprint density at radius 3 is 2.67 bits per heavy atom. The minimum absolute atomic E-state index is 0.191. The van der Waals surface area contributed by atoms with Crippen LogP contribution in [0.4, 0.5) is 0 Å². The maximum absolute atomic E-state index is 9.61. The second-order valence-corrected chi connectivity index (χ2v) is 3.72. The summed E-state index contributed by atoms with van der Waals surface area (Å²) < 4.78 is 0. The highest BCUT2D eigenvalue weighted by Crippen LogP contribution is 2.20. The lowest BCUT2D eigenvalue weighted by atomic mass is 10.1. The molecule has 0 radical (unpaired) electrons. The zero-order valence-electron chi connectivity index (χ0n) is 7.40. The van der Waals surface area contributed by atoms with Crippen LogP contribution in [-0.4, -0.2) is 58.2 Å². The molecule has 1 heterocycles. The van der Waals surface area contributed by atoms with Crippen LogP contribution < -0.4 is 0 Å². The van der Waals surface area contributed by atoms with Crippen LogP contribution in [0.5, 0.6) is 0 Å². The SMILES string of the molecule is CC(O)CN1CCC(O)(CO)C1. The largest absolute Gasteiger partial charge is 0.393 e. The molecule has 0 spiro atoms. The maximum atomic E-state index is 9.61. The summed E-state index contributed by atoms with van der Waals surface area (Å²) >= 11 is 0. The standard InChI is InChI=1S/C8H17NO3/c1-7(11)4-9-3-2-8(12,5-9)6-10/h7,10-12H,2-6H2,1H3. The molecule has 0 saturated carbocycles. The molecule has 4 nitrogen and oxygen atoms in total. The lowest BCUT2D eigenvalue weighted by Crippen LogP contribution is -2.38. The van der Waals surface area contributed by atoms with Gasteiger partial charge in [-0.1, -0.05) is 0 Å². The Labute approximate surface area is 72.4 Å². The third kappa shape index (κ3) is 2.42. The summed E-state index contributed by atoms with van der Waals surface area (Å²) in [6.45, 7) is 3.32. The Morgan fingerprint density at radius 2 is 2.25 bits per heavy atom. The van der Waals surface area contributed by atoms with Crippen molar-refractivity contribution in [3.05, 3.63) is 0 Å². The molecule has 0 aliphatic carbocycles. The van der Waals surface area contributed by atoms with Gasteiger partial charge in [-0.05, 0) is 13.3 Å². The molecular formula is C8H17NO3. The van der Waals surface area contributed by atoms with Crippen molar-refractivity contribution in [3.63, 3.8) is 0 Å². The first-order valence-electron chi connectivity index (χ1n) is 4.29. The van der Waals surface area contributed by atoms with Crippen molar-refractivity contribution in [1.82, 2.24) is 4.90 Å². The summed E-state index contributed by atoms with van der Waals surface area (Å²) in [5.41, 5.74) is -0.936. The third-order valence-electron chi connectivity index (χ3n) is 2.23. The van der Waals surface area contributed by atoms with E-state index in [4.69, 9.17) is 10.2 Å². The smallest absolute Gasteiger partial charge is 0.101 e. The van der Waals surface area contributed by atoms with Gasteiger partial charge in [0.2, 0.25) is 0 Å². The number of nitrogens with zero attached hydrogens (tertiary/aromatic N) is 1. The molecule has 1 fully saturated rings. The van der Waals surface area contributed by atoms with Crippen molar-refractivity contribution in [2.24, 2.45) is 0 Å². The van der Waals surface area contributed by atoms with Gasteiger partial charge in [0, 0.05) is 19.6 Å². The highest BCUT2D eigenvalue weighted by molar-refractivity contribution is 4.89. The van der Waals surface area contributed by atoms with Gasteiger partial charge in [0.25, 0.3) is 0 Å². The number of aliphatic hydroxyl groups excluding tert-OH is 2. The van der Waals surface area contributed by atoms with Gasteiger partial charge in [-0.2, -0.15) is 0 Å². The molecule has 1 saturated heterocycles. The van der Waals surface area contributed by atoms with Crippen molar-refractivity contribution in [2.75, 3.05) is 26.2 Å². The van der Waals surface area contributed by atoms with Gasteiger partial charge in [0.1, 0.15) is 5.60 Å². The van der Waals surface area contributed by atoms with E-state index in [2.05, 4.69) is 0 Å². The van der Waals surface area contributed by atoms with E-state index in [1.54, 1.807) is 6.92 Å². The molecule has 12 heavy (non-hydrogen) atoms. The van der Waals surface area contributed by atoms with Gasteiger partial charge in [-0.3, -0.25) is 4.90 Å². The summed E-state index contributed by atoms with van der Waals surface area (Å²) in [6, 6.07) is 0. The highest BCUT2D eigenvalue weighted by atomic mass is 16.3. The Kier molecular flexibility index (Phi) is 3.06. The van der Waals surface area contributed by atoms with Crippen molar-refractivity contribution in [3.8, 4) is 0 Å². The average molecular weight is 175 g/mol. The molecule has 1 rings (SSSR count). The summed E-state index contributed by atoms with van der Waals surface area (Å²) in [5, 5.41) is 27.5. The van der Waals surface area contributed by atoms with E-state index in [1.807, 2.05) is 4.90 Å². The molecule has 72 valence electrons. The zero-order valence-corrected chi connectivity index (χ0v) is 7.40. The Bertz CT molecular complexity index is 151. The van der Waals surface area contributed by atoms with E-state index in [0.717, 1.165) is 6.54 Å².